The second-order valence-electron chi connectivity index (χ2n) is 3.47. The molecule has 1 aliphatic heterocycles. The van der Waals surface area contributed by atoms with Gasteiger partial charge in [-0.1, -0.05) is 18.2 Å². The molecule has 1 unspecified atom stereocenters. The van der Waals surface area contributed by atoms with Crippen LogP contribution in [0.4, 0.5) is 5.69 Å². The molecular formula is C10H10Cl2N4. The molecule has 0 radical (unpaired) electrons. The number of aliphatic imine (C=N–C) groups is 2. The number of nitrogens with one attached hydrogen (secondary N) is 2. The van der Waals surface area contributed by atoms with Crippen molar-refractivity contribution in [3.8, 4) is 0 Å². The van der Waals surface area contributed by atoms with Crippen molar-refractivity contribution >= 4 is 39.5 Å². The zero-order valence-electron chi connectivity index (χ0n) is 8.54. The fourth-order valence-corrected chi connectivity index (χ4v) is 1.97. The van der Waals surface area contributed by atoms with Crippen LogP contribution in [0.15, 0.2) is 40.3 Å². The molecule has 4 nitrogen and oxygen atoms in total. The van der Waals surface area contributed by atoms with Crippen molar-refractivity contribution in [1.82, 2.24) is 5.32 Å². The summed E-state index contributed by atoms with van der Waals surface area (Å²) in [5, 5.41) is 6.41. The molecule has 0 spiro atoms. The van der Waals surface area contributed by atoms with Crippen molar-refractivity contribution in [2.45, 2.75) is 12.7 Å². The molecule has 16 heavy (non-hydrogen) atoms. The minimum absolute atomic E-state index is 0.120. The summed E-state index contributed by atoms with van der Waals surface area (Å²) in [6.07, 6.45) is 0. The predicted octanol–water partition coefficient (Wildman–Crippen LogP) is 2.57. The summed E-state index contributed by atoms with van der Waals surface area (Å²) < 4.78 is 0. The van der Waals surface area contributed by atoms with Crippen molar-refractivity contribution in [3.63, 3.8) is 0 Å². The average Bonchev–Trinajstić information content (AvgIpc) is 2.15. The van der Waals surface area contributed by atoms with Gasteiger partial charge in [0.2, 0.25) is 16.4 Å². The number of halogens is 2. The molecule has 0 aromatic heterocycles. The summed E-state index contributed by atoms with van der Waals surface area (Å²) in [6, 6.07) is 9.64. The Morgan fingerprint density at radius 1 is 1.25 bits per heavy atom. The third-order valence-corrected chi connectivity index (χ3v) is 2.36. The number of hydrogen-bond donors (Lipinski definition) is 2. The lowest BCUT2D eigenvalue weighted by molar-refractivity contribution is 0.501. The topological polar surface area (TPSA) is 48.8 Å². The first-order chi connectivity index (χ1) is 7.57. The molecule has 1 aromatic rings. The van der Waals surface area contributed by atoms with Crippen molar-refractivity contribution < 1.29 is 0 Å². The van der Waals surface area contributed by atoms with E-state index in [1.807, 2.05) is 37.3 Å². The van der Waals surface area contributed by atoms with E-state index in [-0.39, 0.29) is 10.6 Å². The highest BCUT2D eigenvalue weighted by molar-refractivity contribution is 6.71. The molecule has 0 fully saturated rings. The first-order valence-electron chi connectivity index (χ1n) is 4.68. The van der Waals surface area contributed by atoms with Gasteiger partial charge in [-0.3, -0.25) is 0 Å². The lowest BCUT2D eigenvalue weighted by atomic mass is 10.3. The van der Waals surface area contributed by atoms with E-state index < -0.39 is 5.79 Å². The maximum Gasteiger partial charge on any atom is 0.224 e. The summed E-state index contributed by atoms with van der Waals surface area (Å²) in [6.45, 7) is 1.82. The first-order valence-corrected chi connectivity index (χ1v) is 5.44. The van der Waals surface area contributed by atoms with Gasteiger partial charge in [0.25, 0.3) is 0 Å². The number of anilines is 1. The normalized spacial score (nSPS) is 24.2. The second kappa shape index (κ2) is 4.31. The minimum atomic E-state index is -0.780. The van der Waals surface area contributed by atoms with E-state index in [4.69, 9.17) is 23.2 Å². The van der Waals surface area contributed by atoms with Crippen LogP contribution < -0.4 is 10.6 Å². The molecule has 0 saturated carbocycles. The predicted molar refractivity (Wildman–Crippen MR) is 68.2 cm³/mol. The van der Waals surface area contributed by atoms with Gasteiger partial charge >= 0.3 is 0 Å². The van der Waals surface area contributed by atoms with E-state index in [1.165, 1.54) is 0 Å². The highest BCUT2D eigenvalue weighted by atomic mass is 35.5. The highest BCUT2D eigenvalue weighted by Gasteiger charge is 2.27. The zero-order valence-corrected chi connectivity index (χ0v) is 10.0. The Kier molecular flexibility index (Phi) is 3.03. The number of rotatable bonds is 2. The fourth-order valence-electron chi connectivity index (χ4n) is 1.41. The van der Waals surface area contributed by atoms with Gasteiger partial charge in [-0.05, 0) is 42.3 Å². The Balaban J connectivity index is 2.19. The molecule has 6 heteroatoms. The molecule has 1 atom stereocenters. The van der Waals surface area contributed by atoms with Crippen LogP contribution in [0, 0.1) is 0 Å². The zero-order chi connectivity index (χ0) is 11.6. The Hall–Kier alpha value is -1.26. The molecule has 0 bridgehead atoms. The van der Waals surface area contributed by atoms with Gasteiger partial charge in [0.15, 0.2) is 0 Å². The number of amidine groups is 2. The monoisotopic (exact) mass is 256 g/mol. The van der Waals surface area contributed by atoms with Gasteiger partial charge in [-0.15, -0.1) is 0 Å². The summed E-state index contributed by atoms with van der Waals surface area (Å²) in [7, 11) is 0. The summed E-state index contributed by atoms with van der Waals surface area (Å²) in [5.74, 6) is -0.780. The first kappa shape index (κ1) is 11.2. The maximum atomic E-state index is 5.80. The van der Waals surface area contributed by atoms with Crippen LogP contribution in [0.3, 0.4) is 0 Å². The van der Waals surface area contributed by atoms with Gasteiger partial charge in [0.05, 0.1) is 0 Å². The summed E-state index contributed by atoms with van der Waals surface area (Å²) >= 11 is 11.6. The van der Waals surface area contributed by atoms with Gasteiger partial charge < -0.3 is 10.6 Å². The van der Waals surface area contributed by atoms with E-state index >= 15 is 0 Å². The molecular weight excluding hydrogens is 247 g/mol. The molecule has 2 rings (SSSR count). The van der Waals surface area contributed by atoms with Crippen molar-refractivity contribution in [3.05, 3.63) is 30.3 Å². The third kappa shape index (κ3) is 2.65. The standard InChI is InChI=1S/C10H10Cl2N4/c1-10(14-7-5-3-2-4-6-7)15-8(11)13-9(12)16-10/h2-6,14H,1H3,(H,13,15,16). The van der Waals surface area contributed by atoms with Crippen molar-refractivity contribution in [2.75, 3.05) is 5.32 Å². The number of benzene rings is 1. The molecule has 1 heterocycles. The van der Waals surface area contributed by atoms with Crippen molar-refractivity contribution in [1.29, 1.82) is 0 Å². The Morgan fingerprint density at radius 3 is 2.56 bits per heavy atom. The average molecular weight is 257 g/mol. The number of para-hydroxylation sites is 1. The Bertz CT molecular complexity index is 443. The third-order valence-electron chi connectivity index (χ3n) is 2.01. The van der Waals surface area contributed by atoms with Gasteiger partial charge in [-0.2, -0.15) is 4.99 Å². The van der Waals surface area contributed by atoms with Crippen LogP contribution >= 0.6 is 23.2 Å². The lowest BCUT2D eigenvalue weighted by Crippen LogP contribution is -2.51. The quantitative estimate of drug-likeness (QED) is 0.800. The lowest BCUT2D eigenvalue weighted by Gasteiger charge is -2.30. The summed E-state index contributed by atoms with van der Waals surface area (Å²) in [4.78, 5) is 7.91. The second-order valence-corrected chi connectivity index (χ2v) is 4.17. The van der Waals surface area contributed by atoms with E-state index in [0.29, 0.717) is 0 Å². The van der Waals surface area contributed by atoms with Crippen LogP contribution in [0.1, 0.15) is 6.92 Å². The van der Waals surface area contributed by atoms with Crippen LogP contribution in [0.2, 0.25) is 0 Å². The molecule has 0 aliphatic carbocycles. The van der Waals surface area contributed by atoms with Crippen LogP contribution in [0.25, 0.3) is 0 Å². The van der Waals surface area contributed by atoms with Gasteiger partial charge in [-0.25, -0.2) is 4.99 Å². The molecule has 84 valence electrons. The summed E-state index contributed by atoms with van der Waals surface area (Å²) in [5.41, 5.74) is 0.914. The van der Waals surface area contributed by atoms with Crippen LogP contribution in [-0.4, -0.2) is 16.4 Å². The molecule has 0 saturated heterocycles. The SMILES string of the molecule is CC1(Nc2ccccc2)N=C(Cl)N=C(Cl)N1. The Labute approximate surface area is 103 Å². The van der Waals surface area contributed by atoms with E-state index in [0.717, 1.165) is 5.69 Å². The van der Waals surface area contributed by atoms with Gasteiger partial charge in [0, 0.05) is 5.69 Å². The molecule has 1 aliphatic rings. The van der Waals surface area contributed by atoms with Gasteiger partial charge in [0.1, 0.15) is 0 Å². The molecule has 1 aromatic carbocycles. The van der Waals surface area contributed by atoms with E-state index in [9.17, 15) is 0 Å². The van der Waals surface area contributed by atoms with Crippen LogP contribution in [0.5, 0.6) is 0 Å². The fraction of sp³-hybridized carbons (Fsp3) is 0.200. The molecule has 0 amide bonds. The van der Waals surface area contributed by atoms with Crippen LogP contribution in [-0.2, 0) is 0 Å². The smallest absolute Gasteiger partial charge is 0.224 e. The highest BCUT2D eigenvalue weighted by Crippen LogP contribution is 2.18. The Morgan fingerprint density at radius 2 is 1.94 bits per heavy atom. The van der Waals surface area contributed by atoms with Crippen molar-refractivity contribution in [2.24, 2.45) is 9.98 Å². The maximum absolute atomic E-state index is 5.80. The molecule has 2 N–H and O–H groups in total. The van der Waals surface area contributed by atoms with E-state index in [1.54, 1.807) is 0 Å². The number of nitrogens with zero attached hydrogens (tertiary/aromatic N) is 2. The minimum Gasteiger partial charge on any atom is -0.344 e. The number of hydrogen-bond acceptors (Lipinski definition) is 4. The largest absolute Gasteiger partial charge is 0.344 e. The van der Waals surface area contributed by atoms with E-state index in [2.05, 4.69) is 20.6 Å².